The number of alkyl halides is 3. The molecular weight excluding hydrogens is 249 g/mol. The molecule has 1 aromatic rings. The Morgan fingerprint density at radius 3 is 2.06 bits per heavy atom. The van der Waals surface area contributed by atoms with Crippen molar-refractivity contribution in [1.82, 2.24) is 0 Å². The van der Waals surface area contributed by atoms with Crippen LogP contribution in [-0.2, 0) is 16.3 Å². The fraction of sp³-hybridized carbons (Fsp3) is 0.125. The maximum absolute atomic E-state index is 12.4. The van der Waals surface area contributed by atoms with E-state index in [0.29, 0.717) is 12.1 Å². The third-order valence-corrected chi connectivity index (χ3v) is 2.56. The van der Waals surface area contributed by atoms with Gasteiger partial charge < -0.3 is 0 Å². The van der Waals surface area contributed by atoms with E-state index in [1.54, 1.807) is 0 Å². The van der Waals surface area contributed by atoms with Crippen molar-refractivity contribution in [3.8, 4) is 0 Å². The van der Waals surface area contributed by atoms with E-state index in [4.69, 9.17) is 4.55 Å². The average molecular weight is 254 g/mol. The summed E-state index contributed by atoms with van der Waals surface area (Å²) in [7, 11) is -5.10. The molecule has 0 aliphatic heterocycles. The van der Waals surface area contributed by atoms with Gasteiger partial charge in [-0.05, 0) is 12.1 Å². The predicted molar refractivity (Wildman–Crippen MR) is 47.5 cm³/mol. The first-order chi connectivity index (χ1) is 7.14. The third kappa shape index (κ3) is 2.58. The number of halogens is 3. The van der Waals surface area contributed by atoms with Gasteiger partial charge in [-0.2, -0.15) is 21.6 Å². The second-order valence-electron chi connectivity index (χ2n) is 2.79. The summed E-state index contributed by atoms with van der Waals surface area (Å²) >= 11 is 0. The molecule has 0 saturated carbocycles. The van der Waals surface area contributed by atoms with Crippen LogP contribution < -0.4 is 5.43 Å². The first-order valence-corrected chi connectivity index (χ1v) is 5.26. The summed E-state index contributed by atoms with van der Waals surface area (Å²) in [6, 6.07) is 2.95. The Labute approximate surface area is 88.1 Å². The van der Waals surface area contributed by atoms with E-state index in [1.165, 1.54) is 0 Å². The van der Waals surface area contributed by atoms with Crippen LogP contribution >= 0.6 is 0 Å². The van der Waals surface area contributed by atoms with E-state index in [9.17, 15) is 26.4 Å². The van der Waals surface area contributed by atoms with E-state index >= 15 is 0 Å². The van der Waals surface area contributed by atoms with Crippen molar-refractivity contribution in [2.75, 3.05) is 0 Å². The zero-order valence-electron chi connectivity index (χ0n) is 7.52. The van der Waals surface area contributed by atoms with Gasteiger partial charge in [0.25, 0.3) is 10.1 Å². The van der Waals surface area contributed by atoms with Gasteiger partial charge in [0.15, 0.2) is 5.43 Å². The molecule has 0 bridgehead atoms. The summed E-state index contributed by atoms with van der Waals surface area (Å²) in [4.78, 5) is 9.59. The van der Waals surface area contributed by atoms with Crippen molar-refractivity contribution in [1.29, 1.82) is 0 Å². The van der Waals surface area contributed by atoms with Gasteiger partial charge >= 0.3 is 6.18 Å². The van der Waals surface area contributed by atoms with Crippen LogP contribution in [0.25, 0.3) is 0 Å². The lowest BCUT2D eigenvalue weighted by Crippen LogP contribution is -2.21. The second kappa shape index (κ2) is 3.87. The minimum absolute atomic E-state index is 0.513. The van der Waals surface area contributed by atoms with Gasteiger partial charge in [0.05, 0.1) is 0 Å². The fourth-order valence-corrected chi connectivity index (χ4v) is 1.79. The monoisotopic (exact) mass is 254 g/mol. The van der Waals surface area contributed by atoms with Gasteiger partial charge in [0, 0.05) is 0 Å². The SMILES string of the molecule is O=c1ccccc(S(=O)(=O)O)c1C(F)(F)F. The van der Waals surface area contributed by atoms with Crippen molar-refractivity contribution >= 4 is 10.1 Å². The fourth-order valence-electron chi connectivity index (χ4n) is 1.07. The van der Waals surface area contributed by atoms with Gasteiger partial charge in [-0.15, -0.1) is 0 Å². The molecule has 0 saturated heterocycles. The molecule has 0 heterocycles. The highest BCUT2D eigenvalue weighted by Crippen LogP contribution is 2.30. The van der Waals surface area contributed by atoms with Crippen LogP contribution in [0, 0.1) is 0 Å². The Morgan fingerprint density at radius 1 is 1.12 bits per heavy atom. The maximum Gasteiger partial charge on any atom is 0.421 e. The zero-order valence-corrected chi connectivity index (χ0v) is 8.34. The van der Waals surface area contributed by atoms with E-state index in [2.05, 4.69) is 0 Å². The summed E-state index contributed by atoms with van der Waals surface area (Å²) in [5, 5.41) is 0. The van der Waals surface area contributed by atoms with Crippen molar-refractivity contribution in [2.45, 2.75) is 11.1 Å². The molecule has 0 fully saturated rings. The van der Waals surface area contributed by atoms with Gasteiger partial charge in [0.1, 0.15) is 10.5 Å². The molecule has 8 heteroatoms. The van der Waals surface area contributed by atoms with Gasteiger partial charge in [-0.1, -0.05) is 12.1 Å². The molecular formula is C8H5F3O4S. The topological polar surface area (TPSA) is 71.4 Å². The summed E-state index contributed by atoms with van der Waals surface area (Å²) in [5.41, 5.74) is -3.43. The lowest BCUT2D eigenvalue weighted by atomic mass is 10.2. The van der Waals surface area contributed by atoms with Crippen LogP contribution in [0.15, 0.2) is 34.0 Å². The lowest BCUT2D eigenvalue weighted by molar-refractivity contribution is -0.140. The zero-order chi connectivity index (χ0) is 12.6. The highest BCUT2D eigenvalue weighted by atomic mass is 32.2. The number of rotatable bonds is 1. The normalized spacial score (nSPS) is 12.5. The van der Waals surface area contributed by atoms with Gasteiger partial charge in [0.2, 0.25) is 0 Å². The van der Waals surface area contributed by atoms with Crippen LogP contribution in [0.3, 0.4) is 0 Å². The van der Waals surface area contributed by atoms with E-state index in [1.807, 2.05) is 0 Å². The summed E-state index contributed by atoms with van der Waals surface area (Å²) in [6.45, 7) is 0. The maximum atomic E-state index is 12.4. The highest BCUT2D eigenvalue weighted by molar-refractivity contribution is 7.85. The average Bonchev–Trinajstić information content (AvgIpc) is 2.23. The quantitative estimate of drug-likeness (QED) is 0.767. The van der Waals surface area contributed by atoms with Crippen LogP contribution in [0.2, 0.25) is 0 Å². The molecule has 0 unspecified atom stereocenters. The number of hydrogen-bond donors (Lipinski definition) is 1. The van der Waals surface area contributed by atoms with Gasteiger partial charge in [-0.3, -0.25) is 9.35 Å². The molecule has 0 amide bonds. The van der Waals surface area contributed by atoms with Crippen LogP contribution in [0.4, 0.5) is 13.2 Å². The Hall–Kier alpha value is -1.41. The van der Waals surface area contributed by atoms with Gasteiger partial charge in [-0.25, -0.2) is 0 Å². The minimum atomic E-state index is -5.15. The Bertz CT molecular complexity index is 562. The Morgan fingerprint density at radius 2 is 1.62 bits per heavy atom. The van der Waals surface area contributed by atoms with E-state index in [0.717, 1.165) is 12.1 Å². The minimum Gasteiger partial charge on any atom is -0.289 e. The predicted octanol–water partition coefficient (Wildman–Crippen LogP) is 1.31. The molecule has 0 aliphatic rings. The standard InChI is InChI=1S/C8H5F3O4S/c9-8(10,11)7-5(12)3-1-2-4-6(7)16(13,14)15/h1-4H,(H,13,14,15). The lowest BCUT2D eigenvalue weighted by Gasteiger charge is -2.06. The first kappa shape index (κ1) is 12.7. The molecule has 16 heavy (non-hydrogen) atoms. The number of hydrogen-bond acceptors (Lipinski definition) is 3. The molecule has 0 radical (unpaired) electrons. The van der Waals surface area contributed by atoms with Crippen molar-refractivity contribution < 1.29 is 26.1 Å². The second-order valence-corrected chi connectivity index (χ2v) is 4.18. The summed E-state index contributed by atoms with van der Waals surface area (Å²) in [6.07, 6.45) is -5.15. The first-order valence-electron chi connectivity index (χ1n) is 3.82. The van der Waals surface area contributed by atoms with Crippen molar-refractivity contribution in [3.05, 3.63) is 40.1 Å². The molecule has 1 rings (SSSR count). The van der Waals surface area contributed by atoms with Crippen molar-refractivity contribution in [3.63, 3.8) is 0 Å². The van der Waals surface area contributed by atoms with Crippen LogP contribution in [-0.4, -0.2) is 13.0 Å². The van der Waals surface area contributed by atoms with Crippen LogP contribution in [0.5, 0.6) is 0 Å². The Balaban J connectivity index is 3.85. The van der Waals surface area contributed by atoms with E-state index in [-0.39, 0.29) is 0 Å². The third-order valence-electron chi connectivity index (χ3n) is 1.66. The summed E-state index contributed by atoms with van der Waals surface area (Å²) in [5.74, 6) is 0. The largest absolute Gasteiger partial charge is 0.421 e. The van der Waals surface area contributed by atoms with E-state index < -0.39 is 32.2 Å². The highest BCUT2D eigenvalue weighted by Gasteiger charge is 2.38. The Kier molecular flexibility index (Phi) is 3.06. The van der Waals surface area contributed by atoms with Crippen molar-refractivity contribution in [2.24, 2.45) is 0 Å². The molecule has 4 nitrogen and oxygen atoms in total. The molecule has 1 aromatic carbocycles. The molecule has 0 aromatic heterocycles. The molecule has 0 atom stereocenters. The molecule has 0 aliphatic carbocycles. The molecule has 0 spiro atoms. The summed E-state index contributed by atoms with van der Waals surface area (Å²) < 4.78 is 67.3. The smallest absolute Gasteiger partial charge is 0.289 e. The molecule has 88 valence electrons. The van der Waals surface area contributed by atoms with Crippen LogP contribution in [0.1, 0.15) is 5.56 Å². The molecule has 1 N–H and O–H groups in total.